The monoisotopic (exact) mass is 232 g/mol. The van der Waals surface area contributed by atoms with Gasteiger partial charge in [0.25, 0.3) is 0 Å². The van der Waals surface area contributed by atoms with Crippen LogP contribution in [-0.2, 0) is 0 Å². The summed E-state index contributed by atoms with van der Waals surface area (Å²) in [5.41, 5.74) is 2.91. The van der Waals surface area contributed by atoms with E-state index in [1.54, 1.807) is 5.56 Å². The van der Waals surface area contributed by atoms with Crippen LogP contribution in [0.2, 0.25) is 0 Å². The number of piperidine rings is 1. The van der Waals surface area contributed by atoms with E-state index in [-0.39, 0.29) is 0 Å². The van der Waals surface area contributed by atoms with E-state index in [9.17, 15) is 0 Å². The van der Waals surface area contributed by atoms with E-state index in [1.807, 2.05) is 13.8 Å². The van der Waals surface area contributed by atoms with Crippen molar-refractivity contribution in [2.75, 3.05) is 25.0 Å². The zero-order chi connectivity index (χ0) is 12.3. The number of hydrogen-bond donors (Lipinski definition) is 1. The molecule has 0 radical (unpaired) electrons. The molecule has 0 saturated carbocycles. The van der Waals surface area contributed by atoms with Crippen LogP contribution in [-0.4, -0.2) is 30.6 Å². The second-order valence-corrected chi connectivity index (χ2v) is 4.63. The molecular formula is C15H24N2. The average molecular weight is 232 g/mol. The van der Waals surface area contributed by atoms with Crippen LogP contribution in [0.1, 0.15) is 38.7 Å². The molecule has 17 heavy (non-hydrogen) atoms. The zero-order valence-corrected chi connectivity index (χ0v) is 11.2. The third-order valence-corrected chi connectivity index (χ3v) is 3.85. The summed E-state index contributed by atoms with van der Waals surface area (Å²) in [6.45, 7) is 9.90. The first-order valence-corrected chi connectivity index (χ1v) is 6.96. The molecule has 0 spiro atoms. The summed E-state index contributed by atoms with van der Waals surface area (Å²) in [5.74, 6) is 0.754. The van der Waals surface area contributed by atoms with Crippen LogP contribution in [0.25, 0.3) is 0 Å². The SMILES string of the molecule is CC.CCN1CCC2c3ccccc3NC2C1. The smallest absolute Gasteiger partial charge is 0.0458 e. The number of likely N-dealkylation sites (N-methyl/N-ethyl adjacent to an activating group) is 1. The largest absolute Gasteiger partial charge is 0.380 e. The molecule has 94 valence electrons. The highest BCUT2D eigenvalue weighted by atomic mass is 15.2. The summed E-state index contributed by atoms with van der Waals surface area (Å²) in [4.78, 5) is 2.54. The molecule has 0 aliphatic carbocycles. The van der Waals surface area contributed by atoms with Crippen molar-refractivity contribution >= 4 is 5.69 Å². The fraction of sp³-hybridized carbons (Fsp3) is 0.600. The topological polar surface area (TPSA) is 15.3 Å². The molecule has 2 heteroatoms. The second kappa shape index (κ2) is 5.54. The zero-order valence-electron chi connectivity index (χ0n) is 11.2. The highest BCUT2D eigenvalue weighted by Crippen LogP contribution is 2.40. The maximum absolute atomic E-state index is 3.66. The molecule has 1 saturated heterocycles. The van der Waals surface area contributed by atoms with Gasteiger partial charge < -0.3 is 10.2 Å². The number of anilines is 1. The predicted molar refractivity (Wildman–Crippen MR) is 74.7 cm³/mol. The van der Waals surface area contributed by atoms with E-state index < -0.39 is 0 Å². The Balaban J connectivity index is 0.000000514. The Morgan fingerprint density at radius 2 is 2.06 bits per heavy atom. The lowest BCUT2D eigenvalue weighted by atomic mass is 9.88. The van der Waals surface area contributed by atoms with Gasteiger partial charge in [0.1, 0.15) is 0 Å². The van der Waals surface area contributed by atoms with Crippen molar-refractivity contribution in [2.24, 2.45) is 0 Å². The summed E-state index contributed by atoms with van der Waals surface area (Å²) in [6.07, 6.45) is 1.31. The van der Waals surface area contributed by atoms with E-state index in [0.717, 1.165) is 5.92 Å². The molecular weight excluding hydrogens is 208 g/mol. The lowest BCUT2D eigenvalue weighted by molar-refractivity contribution is 0.213. The highest BCUT2D eigenvalue weighted by Gasteiger charge is 2.35. The fourth-order valence-electron chi connectivity index (χ4n) is 2.98. The van der Waals surface area contributed by atoms with E-state index in [4.69, 9.17) is 0 Å². The molecule has 0 aromatic heterocycles. The van der Waals surface area contributed by atoms with Crippen molar-refractivity contribution in [3.05, 3.63) is 29.8 Å². The van der Waals surface area contributed by atoms with Crippen molar-refractivity contribution < 1.29 is 0 Å². The van der Waals surface area contributed by atoms with Crippen LogP contribution >= 0.6 is 0 Å². The maximum atomic E-state index is 3.66. The van der Waals surface area contributed by atoms with E-state index in [1.165, 1.54) is 31.7 Å². The Morgan fingerprint density at radius 3 is 2.82 bits per heavy atom. The Morgan fingerprint density at radius 1 is 1.29 bits per heavy atom. The number of likely N-dealkylation sites (tertiary alicyclic amines) is 1. The third kappa shape index (κ3) is 2.32. The quantitative estimate of drug-likeness (QED) is 0.799. The number of rotatable bonds is 1. The highest BCUT2D eigenvalue weighted by molar-refractivity contribution is 5.59. The van der Waals surface area contributed by atoms with E-state index in [2.05, 4.69) is 41.4 Å². The van der Waals surface area contributed by atoms with Crippen molar-refractivity contribution in [2.45, 2.75) is 39.2 Å². The van der Waals surface area contributed by atoms with Gasteiger partial charge in [-0.1, -0.05) is 39.0 Å². The molecule has 1 N–H and O–H groups in total. The minimum absolute atomic E-state index is 0.649. The molecule has 2 atom stereocenters. The van der Waals surface area contributed by atoms with Crippen LogP contribution in [0.3, 0.4) is 0 Å². The first-order valence-electron chi connectivity index (χ1n) is 6.96. The standard InChI is InChI=1S/C13H18N2.C2H6/c1-2-15-8-7-11-10-5-3-4-6-12(10)14-13(11)9-15;1-2/h3-6,11,13-14H,2,7-9H2,1H3;1-2H3. The van der Waals surface area contributed by atoms with Crippen molar-refractivity contribution in [3.8, 4) is 0 Å². The van der Waals surface area contributed by atoms with Crippen molar-refractivity contribution in [3.63, 3.8) is 0 Å². The number of benzene rings is 1. The van der Waals surface area contributed by atoms with Crippen molar-refractivity contribution in [1.29, 1.82) is 0 Å². The first-order chi connectivity index (χ1) is 8.38. The van der Waals surface area contributed by atoms with Gasteiger partial charge in [-0.05, 0) is 31.1 Å². The summed E-state index contributed by atoms with van der Waals surface area (Å²) >= 11 is 0. The van der Waals surface area contributed by atoms with Gasteiger partial charge in [-0.3, -0.25) is 0 Å². The normalized spacial score (nSPS) is 26.3. The van der Waals surface area contributed by atoms with Gasteiger partial charge in [-0.25, -0.2) is 0 Å². The summed E-state index contributed by atoms with van der Waals surface area (Å²) in [6, 6.07) is 9.44. The fourth-order valence-corrected chi connectivity index (χ4v) is 2.98. The van der Waals surface area contributed by atoms with Crippen LogP contribution in [0.4, 0.5) is 5.69 Å². The summed E-state index contributed by atoms with van der Waals surface area (Å²) in [7, 11) is 0. The number of para-hydroxylation sites is 1. The molecule has 2 aliphatic heterocycles. The molecule has 2 unspecified atom stereocenters. The Bertz CT molecular complexity index is 362. The van der Waals surface area contributed by atoms with Crippen LogP contribution in [0, 0.1) is 0 Å². The van der Waals surface area contributed by atoms with Gasteiger partial charge in [-0.2, -0.15) is 0 Å². The number of fused-ring (bicyclic) bond motifs is 3. The minimum atomic E-state index is 0.649. The Labute approximate surface area is 105 Å². The summed E-state index contributed by atoms with van der Waals surface area (Å²) < 4.78 is 0. The lowest BCUT2D eigenvalue weighted by Gasteiger charge is -2.34. The Kier molecular flexibility index (Phi) is 4.06. The average Bonchev–Trinajstić information content (AvgIpc) is 2.78. The van der Waals surface area contributed by atoms with Crippen LogP contribution < -0.4 is 5.32 Å². The number of nitrogens with one attached hydrogen (secondary N) is 1. The lowest BCUT2D eigenvalue weighted by Crippen LogP contribution is -2.43. The van der Waals surface area contributed by atoms with E-state index in [0.29, 0.717) is 6.04 Å². The molecule has 1 aromatic rings. The van der Waals surface area contributed by atoms with Gasteiger partial charge >= 0.3 is 0 Å². The maximum Gasteiger partial charge on any atom is 0.0458 e. The second-order valence-electron chi connectivity index (χ2n) is 4.63. The van der Waals surface area contributed by atoms with Gasteiger partial charge in [0, 0.05) is 24.2 Å². The molecule has 1 fully saturated rings. The van der Waals surface area contributed by atoms with Gasteiger partial charge in [-0.15, -0.1) is 0 Å². The van der Waals surface area contributed by atoms with Gasteiger partial charge in [0.15, 0.2) is 0 Å². The molecule has 0 amide bonds. The van der Waals surface area contributed by atoms with Gasteiger partial charge in [0.05, 0.1) is 0 Å². The molecule has 3 rings (SSSR count). The summed E-state index contributed by atoms with van der Waals surface area (Å²) in [5, 5.41) is 3.66. The van der Waals surface area contributed by atoms with Gasteiger partial charge in [0.2, 0.25) is 0 Å². The van der Waals surface area contributed by atoms with Crippen LogP contribution in [0.15, 0.2) is 24.3 Å². The molecule has 2 heterocycles. The minimum Gasteiger partial charge on any atom is -0.380 e. The molecule has 0 bridgehead atoms. The van der Waals surface area contributed by atoms with Crippen LogP contribution in [0.5, 0.6) is 0 Å². The molecule has 2 aliphatic rings. The molecule has 2 nitrogen and oxygen atoms in total. The van der Waals surface area contributed by atoms with E-state index >= 15 is 0 Å². The first kappa shape index (κ1) is 12.4. The molecule has 1 aromatic carbocycles. The third-order valence-electron chi connectivity index (χ3n) is 3.85. The number of nitrogens with zero attached hydrogens (tertiary/aromatic N) is 1. The van der Waals surface area contributed by atoms with Crippen molar-refractivity contribution in [1.82, 2.24) is 4.90 Å². The predicted octanol–water partition coefficient (Wildman–Crippen LogP) is 3.32. The number of hydrogen-bond acceptors (Lipinski definition) is 2. The Hall–Kier alpha value is -1.02.